The summed E-state index contributed by atoms with van der Waals surface area (Å²) in [4.78, 5) is 15.4. The molecule has 3 fully saturated rings. The maximum Gasteiger partial charge on any atom is 0.226 e. The van der Waals surface area contributed by atoms with Crippen LogP contribution in [0.3, 0.4) is 0 Å². The Labute approximate surface area is 171 Å². The van der Waals surface area contributed by atoms with Crippen LogP contribution in [0.2, 0.25) is 0 Å². The molecule has 2 aliphatic carbocycles. The smallest absolute Gasteiger partial charge is 0.226 e. The average molecular weight is 395 g/mol. The molecule has 6 heteroatoms. The standard InChI is InChI=1S/C23H30N4O2/c28-22-15-26(23(29)18-9-5-2-6-10-18)20(17-7-3-1-4-8-17)13-21(22)27-14-19(24-25-27)16-11-12-16/h1,3-4,7-8,14,16,18,20-22,28H,2,5-6,9-13,15H2/t20-,21+,22+/m1/s1. The molecule has 0 spiro atoms. The lowest BCUT2D eigenvalue weighted by Gasteiger charge is -2.44. The first-order chi connectivity index (χ1) is 14.2. The van der Waals surface area contributed by atoms with E-state index in [0.29, 0.717) is 18.9 Å². The van der Waals surface area contributed by atoms with E-state index in [1.807, 2.05) is 34.0 Å². The van der Waals surface area contributed by atoms with Gasteiger partial charge in [0.05, 0.1) is 23.9 Å². The molecule has 5 rings (SSSR count). The number of aliphatic hydroxyl groups is 1. The Morgan fingerprint density at radius 1 is 1.03 bits per heavy atom. The summed E-state index contributed by atoms with van der Waals surface area (Å²) in [6.07, 6.45) is 9.85. The quantitative estimate of drug-likeness (QED) is 0.860. The number of β-amino-alcohol motifs (C(OH)–C–C–N with tert-alkyl or cyclic N) is 1. The topological polar surface area (TPSA) is 71.2 Å². The van der Waals surface area contributed by atoms with Crippen LogP contribution in [0.1, 0.15) is 80.6 Å². The van der Waals surface area contributed by atoms with Crippen LogP contribution in [-0.2, 0) is 4.79 Å². The van der Waals surface area contributed by atoms with Crippen molar-refractivity contribution in [3.63, 3.8) is 0 Å². The number of hydrogen-bond acceptors (Lipinski definition) is 4. The molecular formula is C23H30N4O2. The fourth-order valence-corrected chi connectivity index (χ4v) is 5.09. The van der Waals surface area contributed by atoms with Crippen LogP contribution in [0, 0.1) is 5.92 Å². The van der Waals surface area contributed by atoms with Crippen LogP contribution < -0.4 is 0 Å². The van der Waals surface area contributed by atoms with Crippen LogP contribution >= 0.6 is 0 Å². The van der Waals surface area contributed by atoms with Gasteiger partial charge in [-0.05, 0) is 37.7 Å². The second-order valence-electron chi connectivity index (χ2n) is 9.02. The number of nitrogens with zero attached hydrogens (tertiary/aromatic N) is 4. The molecule has 1 aromatic carbocycles. The first kappa shape index (κ1) is 18.8. The van der Waals surface area contributed by atoms with Gasteiger partial charge in [0.15, 0.2) is 0 Å². The first-order valence-corrected chi connectivity index (χ1v) is 11.2. The molecule has 0 unspecified atom stereocenters. The van der Waals surface area contributed by atoms with Crippen LogP contribution in [-0.4, -0.2) is 43.6 Å². The Morgan fingerprint density at radius 2 is 1.79 bits per heavy atom. The van der Waals surface area contributed by atoms with Crippen molar-refractivity contribution in [1.29, 1.82) is 0 Å². The second-order valence-corrected chi connectivity index (χ2v) is 9.02. The number of hydrogen-bond donors (Lipinski definition) is 1. The lowest BCUT2D eigenvalue weighted by atomic mass is 9.85. The number of carbonyl (C=O) groups excluding carboxylic acids is 1. The van der Waals surface area contributed by atoms with Crippen LogP contribution in [0.25, 0.3) is 0 Å². The maximum atomic E-state index is 13.4. The van der Waals surface area contributed by atoms with Crippen molar-refractivity contribution in [3.05, 3.63) is 47.8 Å². The Balaban J connectivity index is 1.42. The molecule has 1 aromatic heterocycles. The second kappa shape index (κ2) is 7.90. The van der Waals surface area contributed by atoms with Gasteiger partial charge in [0.2, 0.25) is 5.91 Å². The monoisotopic (exact) mass is 394 g/mol. The van der Waals surface area contributed by atoms with E-state index in [4.69, 9.17) is 0 Å². The van der Waals surface area contributed by atoms with Gasteiger partial charge in [-0.15, -0.1) is 5.10 Å². The van der Waals surface area contributed by atoms with Gasteiger partial charge in [-0.2, -0.15) is 0 Å². The molecule has 1 N–H and O–H groups in total. The van der Waals surface area contributed by atoms with Crippen molar-refractivity contribution in [2.24, 2.45) is 5.92 Å². The highest BCUT2D eigenvalue weighted by atomic mass is 16.3. The third-order valence-electron chi connectivity index (χ3n) is 6.95. The van der Waals surface area contributed by atoms with Gasteiger partial charge in [-0.1, -0.05) is 54.8 Å². The van der Waals surface area contributed by atoms with Crippen molar-refractivity contribution < 1.29 is 9.90 Å². The number of aromatic nitrogens is 3. The summed E-state index contributed by atoms with van der Waals surface area (Å²) in [5, 5.41) is 19.7. The summed E-state index contributed by atoms with van der Waals surface area (Å²) in [5.41, 5.74) is 2.17. The molecule has 2 saturated carbocycles. The molecule has 3 aliphatic rings. The molecule has 3 atom stereocenters. The number of aliphatic hydroxyl groups excluding tert-OH is 1. The first-order valence-electron chi connectivity index (χ1n) is 11.2. The van der Waals surface area contributed by atoms with Gasteiger partial charge in [0.1, 0.15) is 0 Å². The number of carbonyl (C=O) groups is 1. The zero-order valence-electron chi connectivity index (χ0n) is 16.9. The molecule has 1 amide bonds. The predicted molar refractivity (Wildman–Crippen MR) is 109 cm³/mol. The minimum atomic E-state index is -0.628. The summed E-state index contributed by atoms with van der Waals surface area (Å²) in [6.45, 7) is 0.359. The van der Waals surface area contributed by atoms with Crippen molar-refractivity contribution in [3.8, 4) is 0 Å². The predicted octanol–water partition coefficient (Wildman–Crippen LogP) is 3.61. The third kappa shape index (κ3) is 3.82. The number of amides is 1. The molecule has 2 aromatic rings. The van der Waals surface area contributed by atoms with E-state index in [-0.39, 0.29) is 23.9 Å². The van der Waals surface area contributed by atoms with E-state index in [2.05, 4.69) is 22.4 Å². The normalized spacial score (nSPS) is 28.4. The summed E-state index contributed by atoms with van der Waals surface area (Å²) < 4.78 is 1.84. The van der Waals surface area contributed by atoms with Crippen molar-refractivity contribution in [2.45, 2.75) is 75.5 Å². The zero-order chi connectivity index (χ0) is 19.8. The highest BCUT2D eigenvalue weighted by molar-refractivity contribution is 5.79. The number of piperidine rings is 1. The number of likely N-dealkylation sites (tertiary alicyclic amines) is 1. The SMILES string of the molecule is O=C(C1CCCCC1)N1C[C@H](O)[C@@H](n2cc(C3CC3)nn2)C[C@@H]1c1ccccc1. The van der Waals surface area contributed by atoms with Gasteiger partial charge in [-0.25, -0.2) is 4.68 Å². The van der Waals surface area contributed by atoms with Crippen LogP contribution in [0.4, 0.5) is 0 Å². The molecule has 154 valence electrons. The summed E-state index contributed by atoms with van der Waals surface area (Å²) in [7, 11) is 0. The number of rotatable bonds is 4. The minimum Gasteiger partial charge on any atom is -0.389 e. The van der Waals surface area contributed by atoms with E-state index in [0.717, 1.165) is 36.9 Å². The maximum absolute atomic E-state index is 13.4. The minimum absolute atomic E-state index is 0.0346. The Kier molecular flexibility index (Phi) is 5.12. The summed E-state index contributed by atoms with van der Waals surface area (Å²) in [6, 6.07) is 10.1. The highest BCUT2D eigenvalue weighted by Gasteiger charge is 2.41. The van der Waals surface area contributed by atoms with Gasteiger partial charge < -0.3 is 10.0 Å². The molecule has 2 heterocycles. The molecule has 1 saturated heterocycles. The Morgan fingerprint density at radius 3 is 2.52 bits per heavy atom. The van der Waals surface area contributed by atoms with E-state index in [1.54, 1.807) is 0 Å². The zero-order valence-corrected chi connectivity index (χ0v) is 16.9. The molecule has 6 nitrogen and oxygen atoms in total. The van der Waals surface area contributed by atoms with E-state index >= 15 is 0 Å². The molecule has 0 radical (unpaired) electrons. The van der Waals surface area contributed by atoms with Gasteiger partial charge in [0.25, 0.3) is 0 Å². The van der Waals surface area contributed by atoms with Gasteiger partial charge in [-0.3, -0.25) is 4.79 Å². The largest absolute Gasteiger partial charge is 0.389 e. The molecular weight excluding hydrogens is 364 g/mol. The Hall–Kier alpha value is -2.21. The molecule has 0 bridgehead atoms. The van der Waals surface area contributed by atoms with Crippen LogP contribution in [0.15, 0.2) is 36.5 Å². The lowest BCUT2D eigenvalue weighted by Crippen LogP contribution is -2.51. The molecule has 29 heavy (non-hydrogen) atoms. The van der Waals surface area contributed by atoms with Crippen molar-refractivity contribution >= 4 is 5.91 Å². The molecule has 1 aliphatic heterocycles. The average Bonchev–Trinajstić information content (AvgIpc) is 3.51. The van der Waals surface area contributed by atoms with E-state index in [9.17, 15) is 9.90 Å². The van der Waals surface area contributed by atoms with E-state index < -0.39 is 6.10 Å². The van der Waals surface area contributed by atoms with E-state index in [1.165, 1.54) is 19.3 Å². The third-order valence-corrected chi connectivity index (χ3v) is 6.95. The number of benzene rings is 1. The van der Waals surface area contributed by atoms with Crippen LogP contribution in [0.5, 0.6) is 0 Å². The van der Waals surface area contributed by atoms with Crippen molar-refractivity contribution in [1.82, 2.24) is 19.9 Å². The summed E-state index contributed by atoms with van der Waals surface area (Å²) in [5.74, 6) is 0.860. The van der Waals surface area contributed by atoms with Crippen molar-refractivity contribution in [2.75, 3.05) is 6.54 Å². The van der Waals surface area contributed by atoms with Gasteiger partial charge in [0, 0.05) is 24.6 Å². The fourth-order valence-electron chi connectivity index (χ4n) is 5.09. The summed E-state index contributed by atoms with van der Waals surface area (Å²) >= 11 is 0. The Bertz CT molecular complexity index is 842. The highest BCUT2D eigenvalue weighted by Crippen LogP contribution is 2.41. The van der Waals surface area contributed by atoms with Gasteiger partial charge >= 0.3 is 0 Å². The fraction of sp³-hybridized carbons (Fsp3) is 0.609. The lowest BCUT2D eigenvalue weighted by molar-refractivity contribution is -0.145.